The number of carbonyl (C=O) groups is 1. The van der Waals surface area contributed by atoms with Gasteiger partial charge in [-0.3, -0.25) is 0 Å². The molecule has 0 aromatic carbocycles. The topological polar surface area (TPSA) is 100 Å². The van der Waals surface area contributed by atoms with Gasteiger partial charge in [0.05, 0.1) is 0 Å². The van der Waals surface area contributed by atoms with E-state index in [1.807, 2.05) is 0 Å². The summed E-state index contributed by atoms with van der Waals surface area (Å²) in [5.74, 6) is -0.913. The van der Waals surface area contributed by atoms with E-state index >= 15 is 0 Å². The second kappa shape index (κ2) is 19.6. The Balaban J connectivity index is -0.000000202. The summed E-state index contributed by atoms with van der Waals surface area (Å²) in [6, 6.07) is 0. The normalized spacial score (nSPS) is 8.07. The van der Waals surface area contributed by atoms with Gasteiger partial charge < -0.3 is 20.9 Å². The Kier molecular flexibility index (Phi) is 31.7. The van der Waals surface area contributed by atoms with Gasteiger partial charge in [-0.05, 0) is 12.8 Å². The number of carboxylic acids is 1. The molecule has 0 heterocycles. The van der Waals surface area contributed by atoms with Crippen molar-refractivity contribution < 1.29 is 20.9 Å². The quantitative estimate of drug-likeness (QED) is 0.489. The molecule has 15 heavy (non-hydrogen) atoms. The predicted molar refractivity (Wildman–Crippen MR) is 57.2 cm³/mol. The summed E-state index contributed by atoms with van der Waals surface area (Å²) in [5.41, 5.74) is 0. The number of hydrogen-bond donors (Lipinski definition) is 0. The van der Waals surface area contributed by atoms with E-state index in [4.69, 9.17) is 0 Å². The van der Waals surface area contributed by atoms with Gasteiger partial charge in [-0.1, -0.05) is 45.4 Å². The van der Waals surface area contributed by atoms with Gasteiger partial charge in [0.2, 0.25) is 0 Å². The maximum absolute atomic E-state index is 10.0. The molecule has 0 fully saturated rings. The second-order valence-electron chi connectivity index (χ2n) is 3.24. The van der Waals surface area contributed by atoms with Crippen LogP contribution in [0.4, 0.5) is 0 Å². The summed E-state index contributed by atoms with van der Waals surface area (Å²) in [4.78, 5) is 10.0. The molecule has 0 rings (SSSR count). The van der Waals surface area contributed by atoms with Crippen molar-refractivity contribution in [3.8, 4) is 0 Å². The minimum Gasteiger partial charge on any atom is -0.870 e. The fourth-order valence-corrected chi connectivity index (χ4v) is 1.23. The Labute approximate surface area is 105 Å². The molecule has 0 aliphatic rings. The third-order valence-corrected chi connectivity index (χ3v) is 1.98. The minimum absolute atomic E-state index is 0. The van der Waals surface area contributed by atoms with Crippen LogP contribution < -0.4 is 5.11 Å². The molecular weight excluding hydrogens is 254 g/mol. The molecule has 0 aliphatic carbocycles. The summed E-state index contributed by atoms with van der Waals surface area (Å²) in [7, 11) is 0. The molecule has 0 saturated heterocycles. The van der Waals surface area contributed by atoms with Crippen molar-refractivity contribution in [2.45, 2.75) is 58.3 Å². The summed E-state index contributed by atoms with van der Waals surface area (Å²) in [6.45, 7) is 2.19. The molecule has 0 aliphatic heterocycles. The van der Waals surface area contributed by atoms with Crippen molar-refractivity contribution in [3.63, 3.8) is 0 Å². The Morgan fingerprint density at radius 3 is 1.73 bits per heavy atom. The van der Waals surface area contributed by atoms with Crippen LogP contribution in [0.15, 0.2) is 0 Å². The summed E-state index contributed by atoms with van der Waals surface area (Å²) in [5, 5.41) is 10.0. The molecule has 0 atom stereocenters. The minimum atomic E-state index is -0.913. The van der Waals surface area contributed by atoms with E-state index < -0.39 is 5.97 Å². The van der Waals surface area contributed by atoms with Gasteiger partial charge in [0.25, 0.3) is 0 Å². The Bertz CT molecular complexity index is 120. The summed E-state index contributed by atoms with van der Waals surface area (Å²) >= 11 is 0. The first kappa shape index (κ1) is 24.3. The zero-order valence-electron chi connectivity index (χ0n) is 9.45. The monoisotopic (exact) mass is 274 g/mol. The molecule has 0 aromatic rings. The van der Waals surface area contributed by atoms with Gasteiger partial charge in [0.1, 0.15) is 0 Å². The maximum Gasteiger partial charge on any atom is 3.00 e. The van der Waals surface area contributed by atoms with E-state index in [-0.39, 0.29) is 37.2 Å². The Morgan fingerprint density at radius 1 is 0.933 bits per heavy atom. The maximum atomic E-state index is 10.0. The molecule has 4 nitrogen and oxygen atoms in total. The fourth-order valence-electron chi connectivity index (χ4n) is 1.23. The molecule has 0 spiro atoms. The standard InChI is InChI=1S/C10H20O2.Ga.2H2O/c1-2-3-4-5-6-7-8-9-10(11)12;;;/h2-9H2,1H3,(H,11,12);;2*1H2/q;+3;;/p-3. The van der Waals surface area contributed by atoms with Gasteiger partial charge >= 0.3 is 19.8 Å². The molecule has 0 radical (unpaired) electrons. The van der Waals surface area contributed by atoms with E-state index in [1.54, 1.807) is 0 Å². The number of hydrogen-bond acceptors (Lipinski definition) is 4. The molecule has 5 heteroatoms. The van der Waals surface area contributed by atoms with Crippen molar-refractivity contribution in [3.05, 3.63) is 0 Å². The van der Waals surface area contributed by atoms with Crippen LogP contribution >= 0.6 is 0 Å². The van der Waals surface area contributed by atoms with E-state index in [0.717, 1.165) is 12.8 Å². The first-order valence-corrected chi connectivity index (χ1v) is 4.97. The van der Waals surface area contributed by atoms with Crippen LogP contribution in [-0.2, 0) is 4.79 Å². The van der Waals surface area contributed by atoms with Crippen molar-refractivity contribution in [2.75, 3.05) is 0 Å². The average molecular weight is 275 g/mol. The molecule has 0 bridgehead atoms. The van der Waals surface area contributed by atoms with Crippen LogP contribution in [0.5, 0.6) is 0 Å². The van der Waals surface area contributed by atoms with Gasteiger partial charge in [-0.2, -0.15) is 0 Å². The van der Waals surface area contributed by atoms with Gasteiger partial charge in [0, 0.05) is 5.97 Å². The van der Waals surface area contributed by atoms with E-state index in [0.29, 0.717) is 0 Å². The zero-order valence-corrected chi connectivity index (χ0v) is 11.9. The summed E-state index contributed by atoms with van der Waals surface area (Å²) in [6.07, 6.45) is 8.34. The van der Waals surface area contributed by atoms with E-state index in [1.165, 1.54) is 32.1 Å². The molecule has 0 amide bonds. The number of carboxylic acid groups (broad SMARTS) is 1. The number of unbranched alkanes of at least 4 members (excludes halogenated alkanes) is 6. The van der Waals surface area contributed by atoms with Crippen molar-refractivity contribution >= 4 is 25.8 Å². The van der Waals surface area contributed by atoms with Crippen molar-refractivity contribution in [1.82, 2.24) is 0 Å². The number of aliphatic carboxylic acids is 1. The van der Waals surface area contributed by atoms with Gasteiger partial charge in [-0.15, -0.1) is 0 Å². The van der Waals surface area contributed by atoms with E-state index in [9.17, 15) is 9.90 Å². The Hall–Kier alpha value is 0.0264. The van der Waals surface area contributed by atoms with Crippen LogP contribution in [-0.4, -0.2) is 36.7 Å². The SMILES string of the molecule is CCCCCCCCCC(=O)[O-].[Ga+3].[OH-].[OH-]. The molecular formula is C10H21GaO4. The smallest absolute Gasteiger partial charge is 0.870 e. The number of rotatable bonds is 8. The van der Waals surface area contributed by atoms with Crippen LogP contribution in [0.1, 0.15) is 58.3 Å². The van der Waals surface area contributed by atoms with Gasteiger partial charge in [0.15, 0.2) is 0 Å². The first-order chi connectivity index (χ1) is 5.77. The predicted octanol–water partition coefficient (Wildman–Crippen LogP) is 1.14. The summed E-state index contributed by atoms with van der Waals surface area (Å²) < 4.78 is 0. The van der Waals surface area contributed by atoms with Crippen molar-refractivity contribution in [2.24, 2.45) is 0 Å². The third kappa shape index (κ3) is 24.9. The van der Waals surface area contributed by atoms with Crippen molar-refractivity contribution in [1.29, 1.82) is 0 Å². The van der Waals surface area contributed by atoms with Crippen LogP contribution in [0.2, 0.25) is 0 Å². The average Bonchev–Trinajstić information content (AvgIpc) is 2.02. The molecule has 2 N–H and O–H groups in total. The largest absolute Gasteiger partial charge is 3.00 e. The first-order valence-electron chi connectivity index (χ1n) is 4.97. The third-order valence-electron chi connectivity index (χ3n) is 1.98. The van der Waals surface area contributed by atoms with Crippen LogP contribution in [0, 0.1) is 0 Å². The molecule has 0 aromatic heterocycles. The van der Waals surface area contributed by atoms with Crippen LogP contribution in [0.3, 0.4) is 0 Å². The van der Waals surface area contributed by atoms with E-state index in [2.05, 4.69) is 6.92 Å². The second-order valence-corrected chi connectivity index (χ2v) is 3.24. The molecule has 0 unspecified atom stereocenters. The van der Waals surface area contributed by atoms with Crippen LogP contribution in [0.25, 0.3) is 0 Å². The fraction of sp³-hybridized carbons (Fsp3) is 0.900. The number of carbonyl (C=O) groups excluding carboxylic acids is 1. The molecule has 88 valence electrons. The molecule has 0 saturated carbocycles. The van der Waals surface area contributed by atoms with Gasteiger partial charge in [-0.25, -0.2) is 0 Å². The Morgan fingerprint density at radius 2 is 1.33 bits per heavy atom. The zero-order chi connectivity index (χ0) is 9.23.